The summed E-state index contributed by atoms with van der Waals surface area (Å²) in [6.45, 7) is -1.14. The summed E-state index contributed by atoms with van der Waals surface area (Å²) in [6.07, 6.45) is -3.17. The Bertz CT molecular complexity index is 300. The molecule has 0 amide bonds. The third-order valence-electron chi connectivity index (χ3n) is 1.28. The highest BCUT2D eigenvalue weighted by molar-refractivity contribution is 5.45. The van der Waals surface area contributed by atoms with Crippen LogP contribution < -0.4 is 16.6 Å². The van der Waals surface area contributed by atoms with Gasteiger partial charge in [-0.05, 0) is 0 Å². The second-order valence-electron chi connectivity index (χ2n) is 2.40. The van der Waals surface area contributed by atoms with Crippen molar-refractivity contribution in [1.82, 2.24) is 9.97 Å². The molecule has 0 aromatic carbocycles. The first-order valence-electron chi connectivity index (χ1n) is 3.60. The number of rotatable bonds is 3. The number of hydrogen-bond donors (Lipinski definition) is 3. The van der Waals surface area contributed by atoms with E-state index >= 15 is 0 Å². The fourth-order valence-electron chi connectivity index (χ4n) is 0.724. The molecule has 5 nitrogen and oxygen atoms in total. The molecule has 0 radical (unpaired) electrons. The molecular weight excluding hydrogens is 199 g/mol. The molecule has 0 aliphatic heterocycles. The highest BCUT2D eigenvalue weighted by Gasteiger charge is 2.26. The van der Waals surface area contributed by atoms with E-state index in [0.29, 0.717) is 0 Å². The zero-order chi connectivity index (χ0) is 10.6. The quantitative estimate of drug-likeness (QED) is 0.503. The van der Waals surface area contributed by atoms with Crippen LogP contribution in [0, 0.1) is 0 Å². The number of aromatic nitrogens is 2. The first kappa shape index (κ1) is 10.5. The molecule has 0 spiro atoms. The molecule has 0 bridgehead atoms. The van der Waals surface area contributed by atoms with E-state index in [4.69, 9.17) is 5.84 Å². The average Bonchev–Trinajstić information content (AvgIpc) is 2.14. The van der Waals surface area contributed by atoms with Crippen LogP contribution in [0.5, 0.6) is 0 Å². The van der Waals surface area contributed by atoms with Crippen molar-refractivity contribution in [2.24, 2.45) is 5.84 Å². The zero-order valence-electron chi connectivity index (χ0n) is 6.97. The summed E-state index contributed by atoms with van der Waals surface area (Å²) in [5.74, 6) is 5.31. The number of nitrogens with zero attached hydrogens (tertiary/aromatic N) is 2. The minimum absolute atomic E-state index is 0.0604. The molecule has 4 N–H and O–H groups in total. The lowest BCUT2D eigenvalue weighted by Gasteiger charge is -2.08. The fourth-order valence-corrected chi connectivity index (χ4v) is 0.724. The monoisotopic (exact) mass is 207 g/mol. The predicted octanol–water partition coefficient (Wildman–Crippen LogP) is 0.736. The molecule has 0 atom stereocenters. The molecule has 0 unspecified atom stereocenters. The van der Waals surface area contributed by atoms with Crippen LogP contribution in [0.4, 0.5) is 24.8 Å². The van der Waals surface area contributed by atoms with Crippen LogP contribution in [0.1, 0.15) is 0 Å². The van der Waals surface area contributed by atoms with Crippen molar-refractivity contribution in [3.05, 3.63) is 12.4 Å². The van der Waals surface area contributed by atoms with Gasteiger partial charge in [0.05, 0.1) is 0 Å². The zero-order valence-corrected chi connectivity index (χ0v) is 6.97. The lowest BCUT2D eigenvalue weighted by atomic mass is 10.5. The summed E-state index contributed by atoms with van der Waals surface area (Å²) in [5.41, 5.74) is 2.19. The topological polar surface area (TPSA) is 75.9 Å². The van der Waals surface area contributed by atoms with Crippen molar-refractivity contribution in [3.8, 4) is 0 Å². The Morgan fingerprint density at radius 1 is 1.29 bits per heavy atom. The van der Waals surface area contributed by atoms with Crippen molar-refractivity contribution < 1.29 is 13.2 Å². The number of halogens is 3. The van der Waals surface area contributed by atoms with E-state index in [9.17, 15) is 13.2 Å². The highest BCUT2D eigenvalue weighted by atomic mass is 19.4. The van der Waals surface area contributed by atoms with Gasteiger partial charge in [0, 0.05) is 6.07 Å². The Morgan fingerprint density at radius 3 is 2.50 bits per heavy atom. The Hall–Kier alpha value is -1.57. The lowest BCUT2D eigenvalue weighted by molar-refractivity contribution is -0.115. The molecule has 8 heteroatoms. The molecule has 14 heavy (non-hydrogen) atoms. The second kappa shape index (κ2) is 4.09. The number of alkyl halides is 3. The maximum atomic E-state index is 11.8. The van der Waals surface area contributed by atoms with Crippen molar-refractivity contribution in [2.45, 2.75) is 6.18 Å². The molecule has 0 aliphatic carbocycles. The van der Waals surface area contributed by atoms with E-state index in [1.54, 1.807) is 0 Å². The van der Waals surface area contributed by atoms with Gasteiger partial charge in [0.1, 0.15) is 24.5 Å². The minimum Gasteiger partial charge on any atom is -0.361 e. The first-order chi connectivity index (χ1) is 6.51. The van der Waals surface area contributed by atoms with Gasteiger partial charge in [0.25, 0.3) is 0 Å². The molecule has 0 saturated carbocycles. The van der Waals surface area contributed by atoms with Gasteiger partial charge in [0.2, 0.25) is 0 Å². The van der Waals surface area contributed by atoms with Gasteiger partial charge in [-0.15, -0.1) is 0 Å². The SMILES string of the molecule is NNc1cc(NCC(F)(F)F)ncn1. The number of nitrogens with two attached hydrogens (primary N) is 1. The summed E-state index contributed by atoms with van der Waals surface area (Å²) < 4.78 is 35.3. The number of nitrogens with one attached hydrogen (secondary N) is 2. The molecule has 0 saturated heterocycles. The summed E-state index contributed by atoms with van der Waals surface area (Å²) >= 11 is 0. The van der Waals surface area contributed by atoms with E-state index in [1.807, 2.05) is 0 Å². The molecule has 0 aliphatic rings. The van der Waals surface area contributed by atoms with Crippen molar-refractivity contribution >= 4 is 11.6 Å². The van der Waals surface area contributed by atoms with Gasteiger partial charge < -0.3 is 10.7 Å². The van der Waals surface area contributed by atoms with Gasteiger partial charge in [-0.1, -0.05) is 0 Å². The maximum Gasteiger partial charge on any atom is 0.405 e. The smallest absolute Gasteiger partial charge is 0.361 e. The Morgan fingerprint density at radius 2 is 1.93 bits per heavy atom. The standard InChI is InChI=1S/C6H8F3N5/c7-6(8,9)2-11-4-1-5(14-10)13-3-12-4/h1,3H,2,10H2,(H2,11,12,13,14). The van der Waals surface area contributed by atoms with Gasteiger partial charge in [-0.25, -0.2) is 15.8 Å². The van der Waals surface area contributed by atoms with Crippen molar-refractivity contribution in [2.75, 3.05) is 17.3 Å². The number of anilines is 2. The van der Waals surface area contributed by atoms with Crippen LogP contribution in [-0.2, 0) is 0 Å². The van der Waals surface area contributed by atoms with E-state index in [-0.39, 0.29) is 11.6 Å². The van der Waals surface area contributed by atoms with E-state index in [2.05, 4.69) is 20.7 Å². The molecule has 1 rings (SSSR count). The summed E-state index contributed by atoms with van der Waals surface area (Å²) in [4.78, 5) is 7.21. The normalized spacial score (nSPS) is 11.1. The largest absolute Gasteiger partial charge is 0.405 e. The van der Waals surface area contributed by atoms with Crippen LogP contribution in [0.2, 0.25) is 0 Å². The molecule has 0 fully saturated rings. The van der Waals surface area contributed by atoms with Gasteiger partial charge in [0.15, 0.2) is 0 Å². The fraction of sp³-hybridized carbons (Fsp3) is 0.333. The number of nitrogen functional groups attached to an aromatic ring is 1. The van der Waals surface area contributed by atoms with Crippen LogP contribution in [0.15, 0.2) is 12.4 Å². The Labute approximate surface area is 77.5 Å². The van der Waals surface area contributed by atoms with Crippen LogP contribution in [0.25, 0.3) is 0 Å². The van der Waals surface area contributed by atoms with Crippen LogP contribution in [0.3, 0.4) is 0 Å². The molecular formula is C6H8F3N5. The molecule has 78 valence electrons. The molecule has 1 heterocycles. The predicted molar refractivity (Wildman–Crippen MR) is 44.4 cm³/mol. The highest BCUT2D eigenvalue weighted by Crippen LogP contribution is 2.15. The van der Waals surface area contributed by atoms with Crippen LogP contribution >= 0.6 is 0 Å². The number of hydrogen-bond acceptors (Lipinski definition) is 5. The first-order valence-corrected chi connectivity index (χ1v) is 3.60. The van der Waals surface area contributed by atoms with Crippen molar-refractivity contribution in [1.29, 1.82) is 0 Å². The lowest BCUT2D eigenvalue weighted by Crippen LogP contribution is -2.22. The van der Waals surface area contributed by atoms with Crippen molar-refractivity contribution in [3.63, 3.8) is 0 Å². The number of hydrazine groups is 1. The van der Waals surface area contributed by atoms with E-state index in [0.717, 1.165) is 6.33 Å². The maximum absolute atomic E-state index is 11.8. The van der Waals surface area contributed by atoms with Gasteiger partial charge in [-0.2, -0.15) is 13.2 Å². The molecule has 1 aromatic rings. The summed E-state index contributed by atoms with van der Waals surface area (Å²) in [5, 5.41) is 2.09. The van der Waals surface area contributed by atoms with Gasteiger partial charge >= 0.3 is 6.18 Å². The third-order valence-corrected chi connectivity index (χ3v) is 1.28. The summed E-state index contributed by atoms with van der Waals surface area (Å²) in [7, 11) is 0. The van der Waals surface area contributed by atoms with E-state index in [1.165, 1.54) is 6.07 Å². The Balaban J connectivity index is 2.59. The summed E-state index contributed by atoms with van der Waals surface area (Å²) in [6, 6.07) is 1.27. The van der Waals surface area contributed by atoms with Gasteiger partial charge in [-0.3, -0.25) is 0 Å². The van der Waals surface area contributed by atoms with E-state index < -0.39 is 12.7 Å². The molecule has 1 aromatic heterocycles. The second-order valence-corrected chi connectivity index (χ2v) is 2.40. The Kier molecular flexibility index (Phi) is 3.07. The average molecular weight is 207 g/mol. The third kappa shape index (κ3) is 3.44. The van der Waals surface area contributed by atoms with Crippen LogP contribution in [-0.4, -0.2) is 22.7 Å². The minimum atomic E-state index is -4.28.